The summed E-state index contributed by atoms with van der Waals surface area (Å²) in [6, 6.07) is -0.00826. The first kappa shape index (κ1) is 12.8. The molecule has 0 aliphatic heterocycles. The molecule has 18 heavy (non-hydrogen) atoms. The smallest absolute Gasteiger partial charge is 0.155 e. The van der Waals surface area contributed by atoms with Crippen LogP contribution in [0, 0.1) is 13.8 Å². The highest BCUT2D eigenvalue weighted by Crippen LogP contribution is 2.23. The van der Waals surface area contributed by atoms with Crippen molar-refractivity contribution in [1.82, 2.24) is 25.0 Å². The summed E-state index contributed by atoms with van der Waals surface area (Å²) in [6.07, 6.45) is 1.67. The van der Waals surface area contributed by atoms with Crippen molar-refractivity contribution >= 4 is 17.4 Å². The molecule has 2 heterocycles. The van der Waals surface area contributed by atoms with Gasteiger partial charge in [-0.1, -0.05) is 11.6 Å². The summed E-state index contributed by atoms with van der Waals surface area (Å²) in [5.41, 5.74) is 1.92. The molecule has 2 rings (SSSR count). The van der Waals surface area contributed by atoms with Crippen molar-refractivity contribution < 1.29 is 0 Å². The maximum absolute atomic E-state index is 5.92. The summed E-state index contributed by atoms with van der Waals surface area (Å²) in [5.74, 6) is 1.55. The average molecular weight is 267 g/mol. The summed E-state index contributed by atoms with van der Waals surface area (Å²) in [7, 11) is 1.90. The van der Waals surface area contributed by atoms with Gasteiger partial charge in [-0.25, -0.2) is 0 Å². The normalized spacial score (nSPS) is 12.5. The molecule has 0 spiro atoms. The molecule has 6 nitrogen and oxygen atoms in total. The maximum Gasteiger partial charge on any atom is 0.155 e. The van der Waals surface area contributed by atoms with Gasteiger partial charge in [0.1, 0.15) is 6.33 Å². The highest BCUT2D eigenvalue weighted by atomic mass is 35.5. The highest BCUT2D eigenvalue weighted by molar-refractivity contribution is 6.30. The lowest BCUT2D eigenvalue weighted by molar-refractivity contribution is 0.713. The van der Waals surface area contributed by atoms with E-state index in [9.17, 15) is 0 Å². The Balaban J connectivity index is 2.25. The molecule has 7 heteroatoms. The Morgan fingerprint density at radius 3 is 2.56 bits per heavy atom. The van der Waals surface area contributed by atoms with E-state index in [4.69, 9.17) is 11.6 Å². The molecule has 0 bridgehead atoms. The van der Waals surface area contributed by atoms with Crippen LogP contribution in [0.4, 0.5) is 5.82 Å². The van der Waals surface area contributed by atoms with E-state index in [1.54, 1.807) is 6.33 Å². The fourth-order valence-corrected chi connectivity index (χ4v) is 1.85. The number of hydrogen-bond donors (Lipinski definition) is 1. The van der Waals surface area contributed by atoms with Gasteiger partial charge in [-0.05, 0) is 31.9 Å². The van der Waals surface area contributed by atoms with Crippen LogP contribution in [0.1, 0.15) is 29.9 Å². The number of aryl methyl sites for hydroxylation is 1. The van der Waals surface area contributed by atoms with Crippen molar-refractivity contribution in [3.63, 3.8) is 0 Å². The Morgan fingerprint density at radius 1 is 1.22 bits per heavy atom. The summed E-state index contributed by atoms with van der Waals surface area (Å²) >= 11 is 5.92. The average Bonchev–Trinajstić information content (AvgIpc) is 2.76. The van der Waals surface area contributed by atoms with Crippen LogP contribution in [0.15, 0.2) is 6.33 Å². The number of nitrogens with zero attached hydrogens (tertiary/aromatic N) is 5. The fourth-order valence-electron chi connectivity index (χ4n) is 1.67. The molecule has 0 aromatic carbocycles. The van der Waals surface area contributed by atoms with Gasteiger partial charge in [-0.15, -0.1) is 20.4 Å². The third kappa shape index (κ3) is 2.28. The molecule has 2 aromatic rings. The van der Waals surface area contributed by atoms with Crippen LogP contribution < -0.4 is 5.32 Å². The molecule has 0 saturated carbocycles. The number of aromatic nitrogens is 5. The Bertz CT molecular complexity index is 565. The third-order valence-corrected chi connectivity index (χ3v) is 3.31. The first-order valence-electron chi connectivity index (χ1n) is 5.60. The monoisotopic (exact) mass is 266 g/mol. The lowest BCUT2D eigenvalue weighted by Gasteiger charge is -2.15. The van der Waals surface area contributed by atoms with Crippen molar-refractivity contribution in [2.45, 2.75) is 26.8 Å². The quantitative estimate of drug-likeness (QED) is 0.921. The summed E-state index contributed by atoms with van der Waals surface area (Å²) in [5, 5.41) is 19.6. The molecule has 1 unspecified atom stereocenters. The molecule has 2 aromatic heterocycles. The number of halogens is 1. The summed E-state index contributed by atoms with van der Waals surface area (Å²) in [4.78, 5) is 0. The first-order valence-corrected chi connectivity index (χ1v) is 5.98. The van der Waals surface area contributed by atoms with Gasteiger partial charge in [0, 0.05) is 7.05 Å². The molecule has 0 radical (unpaired) electrons. The molecular formula is C11H15ClN6. The van der Waals surface area contributed by atoms with Crippen molar-refractivity contribution in [3.05, 3.63) is 28.4 Å². The van der Waals surface area contributed by atoms with Gasteiger partial charge in [0.25, 0.3) is 0 Å². The van der Waals surface area contributed by atoms with E-state index >= 15 is 0 Å². The van der Waals surface area contributed by atoms with Crippen LogP contribution in [-0.2, 0) is 7.05 Å². The Kier molecular flexibility index (Phi) is 3.47. The van der Waals surface area contributed by atoms with Gasteiger partial charge in [0.2, 0.25) is 0 Å². The first-order chi connectivity index (χ1) is 8.50. The molecule has 96 valence electrons. The van der Waals surface area contributed by atoms with Gasteiger partial charge in [-0.2, -0.15) is 0 Å². The maximum atomic E-state index is 5.92. The third-order valence-electron chi connectivity index (χ3n) is 2.95. The largest absolute Gasteiger partial charge is 0.359 e. The lowest BCUT2D eigenvalue weighted by Crippen LogP contribution is -2.14. The van der Waals surface area contributed by atoms with Crippen LogP contribution in [0.25, 0.3) is 0 Å². The summed E-state index contributed by atoms with van der Waals surface area (Å²) < 4.78 is 1.86. The molecule has 0 saturated heterocycles. The SMILES string of the molecule is Cc1c(Cl)nnc(NC(C)c2nncn2C)c1C. The zero-order valence-electron chi connectivity index (χ0n) is 10.8. The zero-order chi connectivity index (χ0) is 13.3. The minimum absolute atomic E-state index is 0.00826. The van der Waals surface area contributed by atoms with Crippen LogP contribution in [0.2, 0.25) is 5.15 Å². The van der Waals surface area contributed by atoms with Gasteiger partial charge in [0.15, 0.2) is 16.8 Å². The predicted molar refractivity (Wildman–Crippen MR) is 69.6 cm³/mol. The van der Waals surface area contributed by atoms with E-state index in [0.29, 0.717) is 11.0 Å². The number of rotatable bonds is 3. The highest BCUT2D eigenvalue weighted by Gasteiger charge is 2.15. The summed E-state index contributed by atoms with van der Waals surface area (Å²) in [6.45, 7) is 5.88. The van der Waals surface area contributed by atoms with E-state index in [1.165, 1.54) is 0 Å². The van der Waals surface area contributed by atoms with Crippen molar-refractivity contribution in [1.29, 1.82) is 0 Å². The second-order valence-electron chi connectivity index (χ2n) is 4.26. The predicted octanol–water partition coefficient (Wildman–Crippen LogP) is 2.05. The van der Waals surface area contributed by atoms with Crippen LogP contribution in [0.5, 0.6) is 0 Å². The van der Waals surface area contributed by atoms with E-state index in [0.717, 1.165) is 17.0 Å². The fraction of sp³-hybridized carbons (Fsp3) is 0.455. The molecule has 0 fully saturated rings. The van der Waals surface area contributed by atoms with Gasteiger partial charge in [-0.3, -0.25) is 0 Å². The van der Waals surface area contributed by atoms with Crippen molar-refractivity contribution in [3.8, 4) is 0 Å². The number of anilines is 1. The second kappa shape index (κ2) is 4.89. The molecule has 0 aliphatic rings. The van der Waals surface area contributed by atoms with Crippen molar-refractivity contribution in [2.24, 2.45) is 7.05 Å². The topological polar surface area (TPSA) is 68.5 Å². The molecule has 0 amide bonds. The molecule has 1 atom stereocenters. The minimum atomic E-state index is -0.00826. The Morgan fingerprint density at radius 2 is 1.94 bits per heavy atom. The Hall–Kier alpha value is -1.69. The molecule has 1 N–H and O–H groups in total. The van der Waals surface area contributed by atoms with Gasteiger partial charge in [0.05, 0.1) is 6.04 Å². The van der Waals surface area contributed by atoms with E-state index in [1.807, 2.05) is 32.4 Å². The van der Waals surface area contributed by atoms with E-state index in [2.05, 4.69) is 25.7 Å². The second-order valence-corrected chi connectivity index (χ2v) is 4.61. The van der Waals surface area contributed by atoms with E-state index in [-0.39, 0.29) is 6.04 Å². The number of hydrogen-bond acceptors (Lipinski definition) is 5. The van der Waals surface area contributed by atoms with E-state index < -0.39 is 0 Å². The number of nitrogens with one attached hydrogen (secondary N) is 1. The lowest BCUT2D eigenvalue weighted by atomic mass is 10.2. The van der Waals surface area contributed by atoms with Crippen LogP contribution in [0.3, 0.4) is 0 Å². The van der Waals surface area contributed by atoms with Crippen LogP contribution >= 0.6 is 11.6 Å². The zero-order valence-corrected chi connectivity index (χ0v) is 11.5. The van der Waals surface area contributed by atoms with Gasteiger partial charge < -0.3 is 9.88 Å². The Labute approximate surface area is 110 Å². The standard InChI is InChI=1S/C11H15ClN6/c1-6-7(2)10(16-15-9(6)12)14-8(3)11-17-13-5-18(11)4/h5,8H,1-4H3,(H,14,16). The minimum Gasteiger partial charge on any atom is -0.359 e. The van der Waals surface area contributed by atoms with Crippen LogP contribution in [-0.4, -0.2) is 25.0 Å². The molecule has 0 aliphatic carbocycles. The van der Waals surface area contributed by atoms with Crippen molar-refractivity contribution in [2.75, 3.05) is 5.32 Å². The molecular weight excluding hydrogens is 252 g/mol. The van der Waals surface area contributed by atoms with Gasteiger partial charge >= 0.3 is 0 Å².